The van der Waals surface area contributed by atoms with Gasteiger partial charge in [0, 0.05) is 37.8 Å². The number of ether oxygens (including phenoxy) is 1. The summed E-state index contributed by atoms with van der Waals surface area (Å²) >= 11 is 0. The maximum Gasteiger partial charge on any atom is 0.260 e. The summed E-state index contributed by atoms with van der Waals surface area (Å²) in [6.45, 7) is 1.90. The third kappa shape index (κ3) is 4.29. The first kappa shape index (κ1) is 16.8. The Balaban J connectivity index is 1.48. The average Bonchev–Trinajstić information content (AvgIpc) is 2.66. The maximum atomic E-state index is 12.4. The van der Waals surface area contributed by atoms with Crippen LogP contribution in [-0.4, -0.2) is 59.5 Å². The molecule has 1 aliphatic heterocycles. The van der Waals surface area contributed by atoms with Gasteiger partial charge in [0.25, 0.3) is 11.8 Å². The number of phenols is 1. The van der Waals surface area contributed by atoms with Gasteiger partial charge in [0.1, 0.15) is 11.5 Å². The zero-order valence-electron chi connectivity index (χ0n) is 13.8. The fraction of sp³-hybridized carbons (Fsp3) is 0.263. The molecular weight excluding hydrogens is 320 g/mol. The molecule has 2 aromatic rings. The standard InChI is InChI=1S/C19H20N2O4/c22-16-7-4-8-17(13-16)25-14-18(23)20-9-11-21(12-10-20)19(24)15-5-2-1-3-6-15/h1-8,13,22H,9-12,14H2. The van der Waals surface area contributed by atoms with E-state index in [4.69, 9.17) is 4.74 Å². The molecule has 1 fully saturated rings. The van der Waals surface area contributed by atoms with Crippen LogP contribution in [0.3, 0.4) is 0 Å². The van der Waals surface area contributed by atoms with Crippen LogP contribution in [0.4, 0.5) is 0 Å². The molecule has 1 aliphatic rings. The second kappa shape index (κ2) is 7.70. The minimum atomic E-state index is -0.129. The fourth-order valence-corrected chi connectivity index (χ4v) is 2.73. The van der Waals surface area contributed by atoms with Gasteiger partial charge in [0.2, 0.25) is 0 Å². The molecule has 0 spiro atoms. The van der Waals surface area contributed by atoms with Gasteiger partial charge in [-0.05, 0) is 24.3 Å². The van der Waals surface area contributed by atoms with E-state index >= 15 is 0 Å². The van der Waals surface area contributed by atoms with Crippen molar-refractivity contribution in [3.05, 3.63) is 60.2 Å². The van der Waals surface area contributed by atoms with E-state index in [2.05, 4.69) is 0 Å². The number of carbonyl (C=O) groups excluding carboxylic acids is 2. The average molecular weight is 340 g/mol. The van der Waals surface area contributed by atoms with Crippen molar-refractivity contribution in [2.45, 2.75) is 0 Å². The lowest BCUT2D eigenvalue weighted by Gasteiger charge is -2.34. The number of phenolic OH excluding ortho intramolecular Hbond substituents is 1. The molecule has 3 rings (SSSR count). The summed E-state index contributed by atoms with van der Waals surface area (Å²) in [4.78, 5) is 28.1. The highest BCUT2D eigenvalue weighted by Gasteiger charge is 2.24. The van der Waals surface area contributed by atoms with Crippen LogP contribution in [0.25, 0.3) is 0 Å². The van der Waals surface area contributed by atoms with Crippen molar-refractivity contribution in [1.82, 2.24) is 9.80 Å². The van der Waals surface area contributed by atoms with Gasteiger partial charge in [0.05, 0.1) is 0 Å². The number of hydrogen-bond donors (Lipinski definition) is 1. The highest BCUT2D eigenvalue weighted by molar-refractivity contribution is 5.94. The summed E-state index contributed by atoms with van der Waals surface area (Å²) in [7, 11) is 0. The summed E-state index contributed by atoms with van der Waals surface area (Å²) < 4.78 is 5.41. The van der Waals surface area contributed by atoms with Crippen LogP contribution >= 0.6 is 0 Å². The first-order valence-corrected chi connectivity index (χ1v) is 8.17. The van der Waals surface area contributed by atoms with Gasteiger partial charge < -0.3 is 19.6 Å². The molecule has 1 heterocycles. The molecule has 2 amide bonds. The normalized spacial score (nSPS) is 14.2. The largest absolute Gasteiger partial charge is 0.508 e. The van der Waals surface area contributed by atoms with E-state index in [-0.39, 0.29) is 24.2 Å². The van der Waals surface area contributed by atoms with E-state index < -0.39 is 0 Å². The Bertz CT molecular complexity index is 740. The number of piperazine rings is 1. The fourth-order valence-electron chi connectivity index (χ4n) is 2.73. The highest BCUT2D eigenvalue weighted by Crippen LogP contribution is 2.17. The predicted octanol–water partition coefficient (Wildman–Crippen LogP) is 1.76. The second-order valence-electron chi connectivity index (χ2n) is 5.83. The van der Waals surface area contributed by atoms with Crippen molar-refractivity contribution in [2.24, 2.45) is 0 Å². The van der Waals surface area contributed by atoms with E-state index in [1.54, 1.807) is 34.1 Å². The van der Waals surface area contributed by atoms with Crippen molar-refractivity contribution < 1.29 is 19.4 Å². The van der Waals surface area contributed by atoms with E-state index in [9.17, 15) is 14.7 Å². The molecule has 6 heteroatoms. The smallest absolute Gasteiger partial charge is 0.260 e. The van der Waals surface area contributed by atoms with Crippen molar-refractivity contribution in [2.75, 3.05) is 32.8 Å². The summed E-state index contributed by atoms with van der Waals surface area (Å²) in [5, 5.41) is 9.39. The van der Waals surface area contributed by atoms with Crippen molar-refractivity contribution >= 4 is 11.8 Å². The number of carbonyl (C=O) groups is 2. The molecule has 130 valence electrons. The quantitative estimate of drug-likeness (QED) is 0.921. The zero-order chi connectivity index (χ0) is 17.6. The van der Waals surface area contributed by atoms with Crippen molar-refractivity contribution in [1.29, 1.82) is 0 Å². The number of aromatic hydroxyl groups is 1. The van der Waals surface area contributed by atoms with E-state index in [0.29, 0.717) is 37.5 Å². The summed E-state index contributed by atoms with van der Waals surface area (Å²) in [6, 6.07) is 15.5. The van der Waals surface area contributed by atoms with Gasteiger partial charge in [-0.15, -0.1) is 0 Å². The molecule has 0 aromatic heterocycles. The molecule has 0 unspecified atom stereocenters. The Hall–Kier alpha value is -3.02. The number of rotatable bonds is 4. The summed E-state index contributed by atoms with van der Waals surface area (Å²) in [5.74, 6) is 0.406. The molecule has 0 aliphatic carbocycles. The van der Waals surface area contributed by atoms with Gasteiger partial charge in [-0.3, -0.25) is 9.59 Å². The Kier molecular flexibility index (Phi) is 5.18. The zero-order valence-corrected chi connectivity index (χ0v) is 13.8. The minimum Gasteiger partial charge on any atom is -0.508 e. The molecular formula is C19H20N2O4. The number of hydrogen-bond acceptors (Lipinski definition) is 4. The molecule has 1 saturated heterocycles. The molecule has 0 bridgehead atoms. The molecule has 1 N–H and O–H groups in total. The molecule has 2 aromatic carbocycles. The Morgan fingerprint density at radius 2 is 1.60 bits per heavy atom. The van der Waals surface area contributed by atoms with Crippen LogP contribution in [0.1, 0.15) is 10.4 Å². The minimum absolute atomic E-state index is 0.0105. The van der Waals surface area contributed by atoms with Gasteiger partial charge in [-0.2, -0.15) is 0 Å². The van der Waals surface area contributed by atoms with E-state index in [1.807, 2.05) is 18.2 Å². The lowest BCUT2D eigenvalue weighted by atomic mass is 10.2. The molecule has 0 saturated carbocycles. The van der Waals surface area contributed by atoms with Crippen LogP contribution in [-0.2, 0) is 4.79 Å². The SMILES string of the molecule is O=C(COc1cccc(O)c1)N1CCN(C(=O)c2ccccc2)CC1. The van der Waals surface area contributed by atoms with Crippen LogP contribution in [0.5, 0.6) is 11.5 Å². The molecule has 6 nitrogen and oxygen atoms in total. The predicted molar refractivity (Wildman–Crippen MR) is 92.5 cm³/mol. The van der Waals surface area contributed by atoms with Crippen LogP contribution in [0.2, 0.25) is 0 Å². The lowest BCUT2D eigenvalue weighted by molar-refractivity contribution is -0.134. The van der Waals surface area contributed by atoms with Gasteiger partial charge in [-0.25, -0.2) is 0 Å². The monoisotopic (exact) mass is 340 g/mol. The van der Waals surface area contributed by atoms with Gasteiger partial charge in [0.15, 0.2) is 6.61 Å². The van der Waals surface area contributed by atoms with Crippen molar-refractivity contribution in [3.8, 4) is 11.5 Å². The Labute approximate surface area is 146 Å². The van der Waals surface area contributed by atoms with Crippen LogP contribution in [0.15, 0.2) is 54.6 Å². The van der Waals surface area contributed by atoms with Crippen LogP contribution in [0, 0.1) is 0 Å². The van der Waals surface area contributed by atoms with E-state index in [1.165, 1.54) is 12.1 Å². The summed E-state index contributed by atoms with van der Waals surface area (Å²) in [5.41, 5.74) is 0.662. The summed E-state index contributed by atoms with van der Waals surface area (Å²) in [6.07, 6.45) is 0. The molecule has 0 atom stereocenters. The number of benzene rings is 2. The number of amides is 2. The third-order valence-corrected chi connectivity index (χ3v) is 4.12. The third-order valence-electron chi connectivity index (χ3n) is 4.12. The first-order chi connectivity index (χ1) is 12.1. The Morgan fingerprint density at radius 1 is 0.920 bits per heavy atom. The van der Waals surface area contributed by atoms with Gasteiger partial charge >= 0.3 is 0 Å². The lowest BCUT2D eigenvalue weighted by Crippen LogP contribution is -2.51. The van der Waals surface area contributed by atoms with Crippen molar-refractivity contribution in [3.63, 3.8) is 0 Å². The number of nitrogens with zero attached hydrogens (tertiary/aromatic N) is 2. The van der Waals surface area contributed by atoms with E-state index in [0.717, 1.165) is 0 Å². The highest BCUT2D eigenvalue weighted by atomic mass is 16.5. The topological polar surface area (TPSA) is 70.1 Å². The molecule has 25 heavy (non-hydrogen) atoms. The maximum absolute atomic E-state index is 12.4. The second-order valence-corrected chi connectivity index (χ2v) is 5.83. The Morgan fingerprint density at radius 3 is 2.28 bits per heavy atom. The van der Waals surface area contributed by atoms with Crippen LogP contribution < -0.4 is 4.74 Å². The molecule has 0 radical (unpaired) electrons. The first-order valence-electron chi connectivity index (χ1n) is 8.17. The van der Waals surface area contributed by atoms with Gasteiger partial charge in [-0.1, -0.05) is 24.3 Å².